The quantitative estimate of drug-likeness (QED) is 0.640. The van der Waals surface area contributed by atoms with E-state index >= 15 is 0 Å². The molecule has 1 aromatic carbocycles. The largest absolute Gasteiger partial charge is 0.490 e. The van der Waals surface area contributed by atoms with E-state index in [2.05, 4.69) is 22.6 Å². The molecule has 1 rings (SSSR count). The van der Waals surface area contributed by atoms with Crippen molar-refractivity contribution in [2.45, 2.75) is 6.92 Å². The van der Waals surface area contributed by atoms with Crippen molar-refractivity contribution in [1.29, 1.82) is 0 Å². The molecule has 0 bridgehead atoms. The fourth-order valence-electron chi connectivity index (χ4n) is 1.11. The summed E-state index contributed by atoms with van der Waals surface area (Å²) >= 11 is 2.05. The highest BCUT2D eigenvalue weighted by atomic mass is 127. The van der Waals surface area contributed by atoms with E-state index in [9.17, 15) is 4.79 Å². The number of rotatable bonds is 6. The highest BCUT2D eigenvalue weighted by Crippen LogP contribution is 2.22. The zero-order valence-corrected chi connectivity index (χ0v) is 11.1. The lowest BCUT2D eigenvalue weighted by molar-refractivity contribution is 0.0696. The first-order chi connectivity index (χ1) is 7.65. The summed E-state index contributed by atoms with van der Waals surface area (Å²) in [5.41, 5.74) is 0.265. The Labute approximate surface area is 108 Å². The van der Waals surface area contributed by atoms with Crippen molar-refractivity contribution in [3.05, 3.63) is 27.3 Å². The molecule has 0 unspecified atom stereocenters. The van der Waals surface area contributed by atoms with E-state index in [1.807, 2.05) is 6.92 Å². The van der Waals surface area contributed by atoms with E-state index < -0.39 is 5.97 Å². The van der Waals surface area contributed by atoms with Crippen LogP contribution in [0.1, 0.15) is 17.3 Å². The Bertz CT molecular complexity index is 365. The van der Waals surface area contributed by atoms with E-state index in [-0.39, 0.29) is 5.56 Å². The second kappa shape index (κ2) is 6.70. The van der Waals surface area contributed by atoms with Crippen LogP contribution in [-0.2, 0) is 4.74 Å². The van der Waals surface area contributed by atoms with Crippen molar-refractivity contribution in [2.24, 2.45) is 0 Å². The summed E-state index contributed by atoms with van der Waals surface area (Å²) in [5, 5.41) is 8.78. The third-order valence-electron chi connectivity index (χ3n) is 1.87. The first-order valence-corrected chi connectivity index (χ1v) is 5.96. The first-order valence-electron chi connectivity index (χ1n) is 4.88. The van der Waals surface area contributed by atoms with Crippen molar-refractivity contribution >= 4 is 28.6 Å². The van der Waals surface area contributed by atoms with Crippen LogP contribution in [0.2, 0.25) is 0 Å². The first kappa shape index (κ1) is 13.2. The SMILES string of the molecule is CCOCCOc1ccc(C(=O)O)cc1I. The number of aromatic carboxylic acids is 1. The van der Waals surface area contributed by atoms with Crippen LogP contribution in [0.3, 0.4) is 0 Å². The predicted molar refractivity (Wildman–Crippen MR) is 68.1 cm³/mol. The van der Waals surface area contributed by atoms with Gasteiger partial charge in [-0.15, -0.1) is 0 Å². The van der Waals surface area contributed by atoms with Crippen LogP contribution in [0.5, 0.6) is 5.75 Å². The number of hydrogen-bond acceptors (Lipinski definition) is 3. The van der Waals surface area contributed by atoms with Crippen LogP contribution in [0.4, 0.5) is 0 Å². The molecule has 88 valence electrons. The van der Waals surface area contributed by atoms with Crippen LogP contribution < -0.4 is 4.74 Å². The van der Waals surface area contributed by atoms with Gasteiger partial charge in [-0.3, -0.25) is 0 Å². The van der Waals surface area contributed by atoms with Gasteiger partial charge in [0.05, 0.1) is 15.7 Å². The Balaban J connectivity index is 2.57. The fourth-order valence-corrected chi connectivity index (χ4v) is 1.78. The van der Waals surface area contributed by atoms with Gasteiger partial charge in [0, 0.05) is 6.61 Å². The Kier molecular flexibility index (Phi) is 5.54. The minimum absolute atomic E-state index is 0.265. The molecule has 0 aromatic heterocycles. The summed E-state index contributed by atoms with van der Waals surface area (Å²) in [4.78, 5) is 10.7. The Morgan fingerprint density at radius 3 is 2.75 bits per heavy atom. The van der Waals surface area contributed by atoms with Crippen molar-refractivity contribution in [1.82, 2.24) is 0 Å². The monoisotopic (exact) mass is 336 g/mol. The third kappa shape index (κ3) is 3.97. The Hall–Kier alpha value is -0.820. The molecule has 16 heavy (non-hydrogen) atoms. The van der Waals surface area contributed by atoms with E-state index in [0.717, 1.165) is 3.57 Å². The van der Waals surface area contributed by atoms with Crippen molar-refractivity contribution < 1.29 is 19.4 Å². The second-order valence-corrected chi connectivity index (χ2v) is 4.16. The summed E-state index contributed by atoms with van der Waals surface area (Å²) in [5.74, 6) is -0.246. The molecule has 0 spiro atoms. The van der Waals surface area contributed by atoms with E-state index in [1.54, 1.807) is 12.1 Å². The maximum atomic E-state index is 10.7. The molecule has 0 amide bonds. The molecule has 0 radical (unpaired) electrons. The molecular weight excluding hydrogens is 323 g/mol. The van der Waals surface area contributed by atoms with Gasteiger partial charge in [0.25, 0.3) is 0 Å². The maximum Gasteiger partial charge on any atom is 0.335 e. The van der Waals surface area contributed by atoms with Gasteiger partial charge in [-0.05, 0) is 47.7 Å². The highest BCUT2D eigenvalue weighted by molar-refractivity contribution is 14.1. The lowest BCUT2D eigenvalue weighted by Gasteiger charge is -2.08. The van der Waals surface area contributed by atoms with Gasteiger partial charge >= 0.3 is 5.97 Å². The summed E-state index contributed by atoms with van der Waals surface area (Å²) in [7, 11) is 0. The van der Waals surface area contributed by atoms with Gasteiger partial charge in [-0.25, -0.2) is 4.79 Å². The normalized spacial score (nSPS) is 10.1. The van der Waals surface area contributed by atoms with Crippen molar-refractivity contribution in [3.63, 3.8) is 0 Å². The number of ether oxygens (including phenoxy) is 2. The summed E-state index contributed by atoms with van der Waals surface area (Å²) in [6.07, 6.45) is 0. The van der Waals surface area contributed by atoms with E-state index in [1.165, 1.54) is 6.07 Å². The number of benzene rings is 1. The van der Waals surface area contributed by atoms with Crippen LogP contribution in [0, 0.1) is 3.57 Å². The molecule has 0 aliphatic heterocycles. The molecule has 4 nitrogen and oxygen atoms in total. The number of carboxylic acids is 1. The van der Waals surface area contributed by atoms with Crippen LogP contribution >= 0.6 is 22.6 Å². The number of hydrogen-bond donors (Lipinski definition) is 1. The molecule has 0 fully saturated rings. The van der Waals surface area contributed by atoms with Crippen molar-refractivity contribution in [3.8, 4) is 5.75 Å². The second-order valence-electron chi connectivity index (χ2n) is 3.00. The van der Waals surface area contributed by atoms with Gasteiger partial charge in [-0.1, -0.05) is 0 Å². The number of carbonyl (C=O) groups is 1. The average molecular weight is 336 g/mol. The highest BCUT2D eigenvalue weighted by Gasteiger charge is 2.07. The topological polar surface area (TPSA) is 55.8 Å². The smallest absolute Gasteiger partial charge is 0.335 e. The molecule has 1 N–H and O–H groups in total. The minimum Gasteiger partial charge on any atom is -0.490 e. The lowest BCUT2D eigenvalue weighted by atomic mass is 10.2. The lowest BCUT2D eigenvalue weighted by Crippen LogP contribution is -2.07. The Morgan fingerprint density at radius 1 is 1.44 bits per heavy atom. The molecule has 0 saturated carbocycles. The zero-order valence-electron chi connectivity index (χ0n) is 8.90. The van der Waals surface area contributed by atoms with Crippen LogP contribution in [-0.4, -0.2) is 30.9 Å². The van der Waals surface area contributed by atoms with Crippen LogP contribution in [0.25, 0.3) is 0 Å². The molecule has 0 saturated heterocycles. The van der Waals surface area contributed by atoms with Gasteiger partial charge in [0.2, 0.25) is 0 Å². The molecule has 0 atom stereocenters. The summed E-state index contributed by atoms with van der Waals surface area (Å²) < 4.78 is 11.4. The molecular formula is C11H13IO4. The number of halogens is 1. The van der Waals surface area contributed by atoms with Gasteiger partial charge < -0.3 is 14.6 Å². The molecule has 0 aliphatic carbocycles. The minimum atomic E-state index is -0.932. The predicted octanol–water partition coefficient (Wildman–Crippen LogP) is 2.40. The molecule has 5 heteroatoms. The average Bonchev–Trinajstić information content (AvgIpc) is 2.26. The van der Waals surface area contributed by atoms with Crippen molar-refractivity contribution in [2.75, 3.05) is 19.8 Å². The summed E-state index contributed by atoms with van der Waals surface area (Å²) in [6.45, 7) is 3.59. The fraction of sp³-hybridized carbons (Fsp3) is 0.364. The number of carboxylic acid groups (broad SMARTS) is 1. The standard InChI is InChI=1S/C11H13IO4/c1-2-15-5-6-16-10-4-3-8(11(13)14)7-9(10)12/h3-4,7H,2,5-6H2,1H3,(H,13,14). The zero-order chi connectivity index (χ0) is 12.0. The maximum absolute atomic E-state index is 10.7. The van der Waals surface area contributed by atoms with Crippen LogP contribution in [0.15, 0.2) is 18.2 Å². The van der Waals surface area contributed by atoms with Gasteiger partial charge in [-0.2, -0.15) is 0 Å². The van der Waals surface area contributed by atoms with E-state index in [0.29, 0.717) is 25.6 Å². The molecule has 0 aliphatic rings. The van der Waals surface area contributed by atoms with Gasteiger partial charge in [0.15, 0.2) is 0 Å². The molecule has 0 heterocycles. The van der Waals surface area contributed by atoms with Gasteiger partial charge in [0.1, 0.15) is 12.4 Å². The molecule has 1 aromatic rings. The summed E-state index contributed by atoms with van der Waals surface area (Å²) in [6, 6.07) is 4.77. The van der Waals surface area contributed by atoms with E-state index in [4.69, 9.17) is 14.6 Å². The Morgan fingerprint density at radius 2 is 2.19 bits per heavy atom. The third-order valence-corrected chi connectivity index (χ3v) is 2.71.